The van der Waals surface area contributed by atoms with Crippen LogP contribution in [0.1, 0.15) is 13.8 Å². The van der Waals surface area contributed by atoms with Crippen LogP contribution in [0, 0.1) is 0 Å². The zero-order valence-corrected chi connectivity index (χ0v) is 6.72. The molecule has 0 saturated heterocycles. The van der Waals surface area contributed by atoms with Gasteiger partial charge in [0.2, 0.25) is 0 Å². The van der Waals surface area contributed by atoms with Crippen molar-refractivity contribution < 1.29 is 10.2 Å². The van der Waals surface area contributed by atoms with Crippen LogP contribution in [0.4, 0.5) is 0 Å². The Morgan fingerprint density at radius 2 is 1.20 bits per heavy atom. The van der Waals surface area contributed by atoms with E-state index in [1.54, 1.807) is 0 Å². The topological polar surface area (TPSA) is 64.5 Å². The van der Waals surface area contributed by atoms with Gasteiger partial charge in [0.1, 0.15) is 0 Å². The normalized spacial score (nSPS) is 8.40. The quantitative estimate of drug-likeness (QED) is 0.309. The number of hydrazine groups is 1. The van der Waals surface area contributed by atoms with E-state index in [0.717, 1.165) is 13.1 Å². The Labute approximate surface area is 62.2 Å². The Hall–Kier alpha value is -0.160. The van der Waals surface area contributed by atoms with E-state index < -0.39 is 0 Å². The Morgan fingerprint density at radius 3 is 1.30 bits per heavy atom. The molecule has 10 heavy (non-hydrogen) atoms. The van der Waals surface area contributed by atoms with E-state index in [-0.39, 0.29) is 13.2 Å². The molecular weight excluding hydrogens is 132 g/mol. The van der Waals surface area contributed by atoms with Crippen LogP contribution in [0.25, 0.3) is 0 Å². The number of nitrogens with one attached hydrogen (secondary N) is 2. The van der Waals surface area contributed by atoms with Crippen LogP contribution >= 0.6 is 0 Å². The number of aliphatic hydroxyl groups is 2. The van der Waals surface area contributed by atoms with Crippen molar-refractivity contribution in [3.05, 3.63) is 0 Å². The highest BCUT2D eigenvalue weighted by Gasteiger charge is 1.67. The fraction of sp³-hybridized carbons (Fsp3) is 1.00. The summed E-state index contributed by atoms with van der Waals surface area (Å²) in [6, 6.07) is 0. The summed E-state index contributed by atoms with van der Waals surface area (Å²) in [5.74, 6) is 0. The summed E-state index contributed by atoms with van der Waals surface area (Å²) in [4.78, 5) is 0. The summed E-state index contributed by atoms with van der Waals surface area (Å²) in [5, 5.41) is 15.2. The molecule has 4 heteroatoms. The Kier molecular flexibility index (Phi) is 19.9. The summed E-state index contributed by atoms with van der Waals surface area (Å²) in [7, 11) is 0. The highest BCUT2D eigenvalue weighted by atomic mass is 16.3. The van der Waals surface area contributed by atoms with Gasteiger partial charge >= 0.3 is 0 Å². The van der Waals surface area contributed by atoms with Crippen LogP contribution in [0.15, 0.2) is 0 Å². The second-order valence-electron chi connectivity index (χ2n) is 1.51. The maximum atomic E-state index is 7.62. The molecule has 64 valence electrons. The number of aliphatic hydroxyl groups excluding tert-OH is 2. The molecule has 0 fully saturated rings. The minimum atomic E-state index is -0.125. The van der Waals surface area contributed by atoms with Crippen molar-refractivity contribution >= 4 is 0 Å². The maximum Gasteiger partial charge on any atom is 0.0662 e. The monoisotopic (exact) mass is 150 g/mol. The summed E-state index contributed by atoms with van der Waals surface area (Å²) in [6.45, 7) is 5.85. The largest absolute Gasteiger partial charge is 0.394 e. The van der Waals surface area contributed by atoms with Crippen LogP contribution in [-0.2, 0) is 0 Å². The lowest BCUT2D eigenvalue weighted by Gasteiger charge is -1.95. The van der Waals surface area contributed by atoms with Gasteiger partial charge in [-0.2, -0.15) is 0 Å². The Morgan fingerprint density at radius 1 is 0.900 bits per heavy atom. The highest BCUT2D eigenvalue weighted by Crippen LogP contribution is 1.44. The van der Waals surface area contributed by atoms with Crippen molar-refractivity contribution in [1.29, 1.82) is 0 Å². The van der Waals surface area contributed by atoms with Crippen molar-refractivity contribution in [1.82, 2.24) is 10.9 Å². The molecule has 0 rings (SSSR count). The zero-order chi connectivity index (χ0) is 8.24. The van der Waals surface area contributed by atoms with Gasteiger partial charge in [0.05, 0.1) is 13.2 Å². The van der Waals surface area contributed by atoms with Crippen molar-refractivity contribution in [3.8, 4) is 0 Å². The molecule has 0 aromatic carbocycles. The van der Waals surface area contributed by atoms with E-state index in [9.17, 15) is 0 Å². The van der Waals surface area contributed by atoms with Gasteiger partial charge in [-0.1, -0.05) is 13.8 Å². The molecule has 0 aromatic heterocycles. The first-order valence-electron chi connectivity index (χ1n) is 3.50. The van der Waals surface area contributed by atoms with Crippen LogP contribution < -0.4 is 10.9 Å². The van der Waals surface area contributed by atoms with E-state index in [4.69, 9.17) is 10.2 Å². The molecule has 0 aromatic rings. The van der Waals surface area contributed by atoms with Gasteiger partial charge in [0.25, 0.3) is 0 Å². The maximum absolute atomic E-state index is 7.62. The SMILES string of the molecule is CCNNCC.OCCO. The lowest BCUT2D eigenvalue weighted by Crippen LogP contribution is -2.30. The van der Waals surface area contributed by atoms with Crippen molar-refractivity contribution in [2.45, 2.75) is 13.8 Å². The van der Waals surface area contributed by atoms with Gasteiger partial charge in [-0.15, -0.1) is 0 Å². The Bertz CT molecular complexity index is 38.7. The molecule has 0 atom stereocenters. The van der Waals surface area contributed by atoms with E-state index in [2.05, 4.69) is 24.7 Å². The summed E-state index contributed by atoms with van der Waals surface area (Å²) < 4.78 is 0. The average molecular weight is 150 g/mol. The van der Waals surface area contributed by atoms with Crippen molar-refractivity contribution in [2.75, 3.05) is 26.3 Å². The molecule has 0 aliphatic carbocycles. The average Bonchev–Trinajstić information content (AvgIpc) is 2.01. The van der Waals surface area contributed by atoms with E-state index in [1.165, 1.54) is 0 Å². The molecule has 0 heterocycles. The molecule has 0 unspecified atom stereocenters. The third-order valence-corrected chi connectivity index (χ3v) is 0.579. The first kappa shape index (κ1) is 12.5. The zero-order valence-electron chi connectivity index (χ0n) is 6.72. The van der Waals surface area contributed by atoms with Crippen LogP contribution in [-0.4, -0.2) is 36.5 Å². The summed E-state index contributed by atoms with van der Waals surface area (Å²) in [5.41, 5.74) is 5.90. The van der Waals surface area contributed by atoms with Gasteiger partial charge in [0.15, 0.2) is 0 Å². The molecule has 0 spiro atoms. The van der Waals surface area contributed by atoms with Gasteiger partial charge in [-0.3, -0.25) is 10.9 Å². The summed E-state index contributed by atoms with van der Waals surface area (Å²) in [6.07, 6.45) is 0. The lowest BCUT2D eigenvalue weighted by molar-refractivity contribution is 0.186. The standard InChI is InChI=1S/C4H12N2.C2H6O2/c1-3-5-6-4-2;3-1-2-4/h5-6H,3-4H2,1-2H3;3-4H,1-2H2. The fourth-order valence-electron chi connectivity index (χ4n) is 0.250. The van der Waals surface area contributed by atoms with Gasteiger partial charge in [-0.05, 0) is 0 Å². The van der Waals surface area contributed by atoms with Crippen molar-refractivity contribution in [3.63, 3.8) is 0 Å². The van der Waals surface area contributed by atoms with Crippen LogP contribution in [0.2, 0.25) is 0 Å². The van der Waals surface area contributed by atoms with E-state index >= 15 is 0 Å². The highest BCUT2D eigenvalue weighted by molar-refractivity contribution is 4.25. The number of hydrogen-bond donors (Lipinski definition) is 4. The molecular formula is C6H18N2O2. The molecule has 0 amide bonds. The van der Waals surface area contributed by atoms with Crippen LogP contribution in [0.3, 0.4) is 0 Å². The molecule has 0 saturated carbocycles. The molecule has 0 radical (unpaired) electrons. The molecule has 0 aliphatic heterocycles. The van der Waals surface area contributed by atoms with Crippen molar-refractivity contribution in [2.24, 2.45) is 0 Å². The number of rotatable bonds is 4. The lowest BCUT2D eigenvalue weighted by atomic mass is 10.8. The third-order valence-electron chi connectivity index (χ3n) is 0.579. The molecule has 0 bridgehead atoms. The summed E-state index contributed by atoms with van der Waals surface area (Å²) >= 11 is 0. The molecule has 0 aliphatic rings. The third kappa shape index (κ3) is 24.9. The van der Waals surface area contributed by atoms with E-state index in [0.29, 0.717) is 0 Å². The minimum absolute atomic E-state index is 0.125. The molecule has 4 nitrogen and oxygen atoms in total. The predicted octanol–water partition coefficient (Wildman–Crippen LogP) is -0.909. The Balaban J connectivity index is 0. The molecule has 4 N–H and O–H groups in total. The van der Waals surface area contributed by atoms with Crippen LogP contribution in [0.5, 0.6) is 0 Å². The second kappa shape index (κ2) is 15.9. The van der Waals surface area contributed by atoms with Gasteiger partial charge < -0.3 is 10.2 Å². The van der Waals surface area contributed by atoms with E-state index in [1.807, 2.05) is 0 Å². The van der Waals surface area contributed by atoms with Gasteiger partial charge in [-0.25, -0.2) is 0 Å². The number of hydrogen-bond acceptors (Lipinski definition) is 4. The first-order chi connectivity index (χ1) is 4.83. The van der Waals surface area contributed by atoms with Gasteiger partial charge in [0, 0.05) is 13.1 Å². The minimum Gasteiger partial charge on any atom is -0.394 e. The predicted molar refractivity (Wildman–Crippen MR) is 41.5 cm³/mol. The first-order valence-corrected chi connectivity index (χ1v) is 3.50. The fourth-order valence-corrected chi connectivity index (χ4v) is 0.250. The smallest absolute Gasteiger partial charge is 0.0662 e. The second-order valence-corrected chi connectivity index (χ2v) is 1.51.